The molecular weight excluding hydrogens is 426 g/mol. The third-order valence-electron chi connectivity index (χ3n) is 5.77. The van der Waals surface area contributed by atoms with Gasteiger partial charge in [-0.3, -0.25) is 9.59 Å². The lowest BCUT2D eigenvalue weighted by atomic mass is 9.97. The van der Waals surface area contributed by atoms with Gasteiger partial charge >= 0.3 is 0 Å². The first kappa shape index (κ1) is 23.1. The maximum atomic E-state index is 13.7. The summed E-state index contributed by atoms with van der Waals surface area (Å²) in [5.74, 6) is -0.0496. The molecule has 0 aliphatic carbocycles. The van der Waals surface area contributed by atoms with E-state index in [4.69, 9.17) is 4.74 Å². The summed E-state index contributed by atoms with van der Waals surface area (Å²) in [4.78, 5) is 30.6. The molecule has 1 aliphatic rings. The summed E-state index contributed by atoms with van der Waals surface area (Å²) in [5.41, 5.74) is 5.56. The summed E-state index contributed by atoms with van der Waals surface area (Å²) in [6.45, 7) is 6.41. The molecular formula is C28H29N3O3. The summed E-state index contributed by atoms with van der Waals surface area (Å²) in [6, 6.07) is 20.6. The van der Waals surface area contributed by atoms with Crippen molar-refractivity contribution < 1.29 is 14.3 Å². The van der Waals surface area contributed by atoms with Crippen molar-refractivity contribution in [1.82, 2.24) is 0 Å². The monoisotopic (exact) mass is 455 g/mol. The van der Waals surface area contributed by atoms with Crippen LogP contribution in [0.25, 0.3) is 5.57 Å². The van der Waals surface area contributed by atoms with Gasteiger partial charge in [-0.1, -0.05) is 29.8 Å². The number of imide groups is 1. The molecule has 0 spiro atoms. The molecule has 3 aromatic rings. The largest absolute Gasteiger partial charge is 0.494 e. The van der Waals surface area contributed by atoms with E-state index in [1.165, 1.54) is 4.90 Å². The molecule has 4 rings (SSSR count). The van der Waals surface area contributed by atoms with Crippen molar-refractivity contribution in [2.75, 3.05) is 35.8 Å². The van der Waals surface area contributed by atoms with Crippen molar-refractivity contribution >= 4 is 34.4 Å². The Balaban J connectivity index is 1.80. The van der Waals surface area contributed by atoms with Crippen LogP contribution in [0, 0.1) is 13.8 Å². The van der Waals surface area contributed by atoms with Crippen LogP contribution in [0.3, 0.4) is 0 Å². The Morgan fingerprint density at radius 2 is 1.65 bits per heavy atom. The molecule has 0 bridgehead atoms. The van der Waals surface area contributed by atoms with Crippen molar-refractivity contribution in [2.45, 2.75) is 20.8 Å². The molecule has 0 atom stereocenters. The highest BCUT2D eigenvalue weighted by atomic mass is 16.5. The Labute approximate surface area is 200 Å². The van der Waals surface area contributed by atoms with Gasteiger partial charge in [-0.15, -0.1) is 0 Å². The molecule has 3 aromatic carbocycles. The van der Waals surface area contributed by atoms with E-state index in [1.807, 2.05) is 94.4 Å². The van der Waals surface area contributed by atoms with Gasteiger partial charge in [-0.25, -0.2) is 4.90 Å². The lowest BCUT2D eigenvalue weighted by Gasteiger charge is -2.18. The predicted molar refractivity (Wildman–Crippen MR) is 137 cm³/mol. The molecule has 1 N–H and O–H groups in total. The molecule has 0 aromatic heterocycles. The van der Waals surface area contributed by atoms with Crippen molar-refractivity contribution in [3.05, 3.63) is 89.1 Å². The minimum atomic E-state index is -0.389. The van der Waals surface area contributed by atoms with Crippen molar-refractivity contribution in [3.8, 4) is 5.75 Å². The van der Waals surface area contributed by atoms with E-state index in [9.17, 15) is 9.59 Å². The lowest BCUT2D eigenvalue weighted by Crippen LogP contribution is -2.32. The van der Waals surface area contributed by atoms with E-state index < -0.39 is 0 Å². The smallest absolute Gasteiger partial charge is 0.282 e. The molecule has 1 aliphatic heterocycles. The number of carbonyl (C=O) groups excluding carboxylic acids is 2. The zero-order chi connectivity index (χ0) is 24.4. The summed E-state index contributed by atoms with van der Waals surface area (Å²) in [6.07, 6.45) is 0. The van der Waals surface area contributed by atoms with Crippen LogP contribution >= 0.6 is 0 Å². The third-order valence-corrected chi connectivity index (χ3v) is 5.77. The van der Waals surface area contributed by atoms with Crippen LogP contribution in [-0.2, 0) is 9.59 Å². The van der Waals surface area contributed by atoms with Gasteiger partial charge in [-0.05, 0) is 68.3 Å². The number of benzene rings is 3. The maximum Gasteiger partial charge on any atom is 0.282 e. The molecule has 0 unspecified atom stereocenters. The summed E-state index contributed by atoms with van der Waals surface area (Å²) < 4.78 is 5.60. The SMILES string of the molecule is CCOc1cccc(NC2=C(c3ccc(C)cc3C)C(=O)N(c3ccc(N(C)C)cc3)C2=O)c1. The van der Waals surface area contributed by atoms with Gasteiger partial charge in [0.2, 0.25) is 0 Å². The van der Waals surface area contributed by atoms with Crippen LogP contribution in [0.1, 0.15) is 23.6 Å². The van der Waals surface area contributed by atoms with Gasteiger partial charge in [0.25, 0.3) is 11.8 Å². The molecule has 2 amide bonds. The number of aryl methyl sites for hydroxylation is 2. The second-order valence-electron chi connectivity index (χ2n) is 8.51. The first-order valence-electron chi connectivity index (χ1n) is 11.3. The van der Waals surface area contributed by atoms with Gasteiger partial charge < -0.3 is 15.0 Å². The topological polar surface area (TPSA) is 61.9 Å². The number of hydrogen-bond donors (Lipinski definition) is 1. The Morgan fingerprint density at radius 3 is 2.29 bits per heavy atom. The van der Waals surface area contributed by atoms with Crippen LogP contribution in [-0.4, -0.2) is 32.5 Å². The number of anilines is 3. The number of rotatable bonds is 7. The van der Waals surface area contributed by atoms with E-state index in [-0.39, 0.29) is 17.5 Å². The minimum Gasteiger partial charge on any atom is -0.494 e. The normalized spacial score (nSPS) is 13.5. The molecule has 174 valence electrons. The number of carbonyl (C=O) groups is 2. The van der Waals surface area contributed by atoms with Crippen LogP contribution < -0.4 is 19.9 Å². The molecule has 6 nitrogen and oxygen atoms in total. The Morgan fingerprint density at radius 1 is 0.912 bits per heavy atom. The zero-order valence-corrected chi connectivity index (χ0v) is 20.2. The third kappa shape index (κ3) is 4.39. The first-order valence-corrected chi connectivity index (χ1v) is 11.3. The van der Waals surface area contributed by atoms with Crippen LogP contribution in [0.5, 0.6) is 5.75 Å². The second-order valence-corrected chi connectivity index (χ2v) is 8.51. The number of nitrogens with zero attached hydrogens (tertiary/aromatic N) is 2. The fourth-order valence-electron chi connectivity index (χ4n) is 4.10. The number of nitrogens with one attached hydrogen (secondary N) is 1. The van der Waals surface area contributed by atoms with E-state index >= 15 is 0 Å². The predicted octanol–water partition coefficient (Wildman–Crippen LogP) is 5.16. The highest BCUT2D eigenvalue weighted by Crippen LogP contribution is 2.36. The number of amides is 2. The number of ether oxygens (including phenoxy) is 1. The standard InChI is InChI=1S/C28H29N3O3/c1-6-34-23-9-7-8-20(17-23)29-26-25(24-15-10-18(2)16-19(24)3)27(32)31(28(26)33)22-13-11-21(12-14-22)30(4)5/h7-17,29H,6H2,1-5H3. The average Bonchev–Trinajstić information content (AvgIpc) is 3.04. The van der Waals surface area contributed by atoms with Gasteiger partial charge in [0.05, 0.1) is 17.9 Å². The fraction of sp³-hybridized carbons (Fsp3) is 0.214. The quantitative estimate of drug-likeness (QED) is 0.499. The van der Waals surface area contributed by atoms with E-state index in [0.29, 0.717) is 29.3 Å². The maximum absolute atomic E-state index is 13.7. The molecule has 6 heteroatoms. The molecule has 34 heavy (non-hydrogen) atoms. The molecule has 0 saturated heterocycles. The van der Waals surface area contributed by atoms with Crippen molar-refractivity contribution in [2.24, 2.45) is 0 Å². The second kappa shape index (κ2) is 9.43. The highest BCUT2D eigenvalue weighted by Gasteiger charge is 2.40. The molecule has 0 radical (unpaired) electrons. The summed E-state index contributed by atoms with van der Waals surface area (Å²) in [5, 5.41) is 3.22. The van der Waals surface area contributed by atoms with E-state index in [0.717, 1.165) is 22.4 Å². The van der Waals surface area contributed by atoms with Gasteiger partial charge in [-0.2, -0.15) is 0 Å². The lowest BCUT2D eigenvalue weighted by molar-refractivity contribution is -0.120. The van der Waals surface area contributed by atoms with Crippen LogP contribution in [0.2, 0.25) is 0 Å². The molecule has 0 saturated carbocycles. The minimum absolute atomic E-state index is 0.252. The zero-order valence-electron chi connectivity index (χ0n) is 20.2. The van der Waals surface area contributed by atoms with E-state index in [2.05, 4.69) is 5.32 Å². The molecule has 1 heterocycles. The highest BCUT2D eigenvalue weighted by molar-refractivity contribution is 6.46. The first-order chi connectivity index (χ1) is 16.3. The summed E-state index contributed by atoms with van der Waals surface area (Å²) >= 11 is 0. The van der Waals surface area contributed by atoms with Crippen LogP contribution in [0.4, 0.5) is 17.1 Å². The van der Waals surface area contributed by atoms with Crippen molar-refractivity contribution in [3.63, 3.8) is 0 Å². The summed E-state index contributed by atoms with van der Waals surface area (Å²) in [7, 11) is 3.89. The molecule has 0 fully saturated rings. The van der Waals surface area contributed by atoms with Crippen LogP contribution in [0.15, 0.2) is 72.4 Å². The van der Waals surface area contributed by atoms with Gasteiger partial charge in [0.1, 0.15) is 11.4 Å². The Bertz CT molecular complexity index is 1280. The number of hydrogen-bond acceptors (Lipinski definition) is 5. The van der Waals surface area contributed by atoms with Gasteiger partial charge in [0, 0.05) is 31.5 Å². The van der Waals surface area contributed by atoms with E-state index in [1.54, 1.807) is 12.1 Å². The van der Waals surface area contributed by atoms with Gasteiger partial charge in [0.15, 0.2) is 0 Å². The Hall–Kier alpha value is -4.06. The Kier molecular flexibility index (Phi) is 6.41. The van der Waals surface area contributed by atoms with Crippen molar-refractivity contribution in [1.29, 1.82) is 0 Å². The fourth-order valence-corrected chi connectivity index (χ4v) is 4.10. The average molecular weight is 456 g/mol.